The maximum Gasteiger partial charge on any atom is 0.274 e. The van der Waals surface area contributed by atoms with Gasteiger partial charge >= 0.3 is 0 Å². The van der Waals surface area contributed by atoms with E-state index in [1.165, 1.54) is 23.1 Å². The topological polar surface area (TPSA) is 55.1 Å². The van der Waals surface area contributed by atoms with E-state index in [1.54, 1.807) is 0 Å². The molecule has 1 aromatic heterocycles. The summed E-state index contributed by atoms with van der Waals surface area (Å²) >= 11 is 0. The van der Waals surface area contributed by atoms with Gasteiger partial charge in [0, 0.05) is 5.56 Å². The van der Waals surface area contributed by atoms with Crippen LogP contribution in [0.3, 0.4) is 0 Å². The van der Waals surface area contributed by atoms with Gasteiger partial charge in [-0.25, -0.2) is 4.98 Å². The Hall–Kier alpha value is -2.88. The second-order valence-corrected chi connectivity index (χ2v) is 6.16. The maximum absolute atomic E-state index is 12.7. The Balaban J connectivity index is 1.58. The molecule has 3 aromatic rings. The second-order valence-electron chi connectivity index (χ2n) is 6.16. The van der Waals surface area contributed by atoms with Gasteiger partial charge in [-0.15, -0.1) is 0 Å². The molecule has 1 amide bonds. The van der Waals surface area contributed by atoms with Gasteiger partial charge in [-0.2, -0.15) is 0 Å². The number of amides is 1. The van der Waals surface area contributed by atoms with Crippen LogP contribution in [0.5, 0.6) is 0 Å². The van der Waals surface area contributed by atoms with Crippen molar-refractivity contribution < 1.29 is 9.21 Å². The zero-order valence-corrected chi connectivity index (χ0v) is 13.5. The Kier molecular flexibility index (Phi) is 3.65. The third-order valence-corrected chi connectivity index (χ3v) is 4.50. The largest absolute Gasteiger partial charge is 0.443 e. The minimum Gasteiger partial charge on any atom is -0.443 e. The van der Waals surface area contributed by atoms with Crippen LogP contribution in [0.15, 0.2) is 59.3 Å². The normalized spacial score (nSPS) is 16.0. The first-order valence-electron chi connectivity index (χ1n) is 8.11. The summed E-state index contributed by atoms with van der Waals surface area (Å²) in [5.74, 6) is 0.316. The van der Waals surface area contributed by atoms with E-state index < -0.39 is 0 Å². The quantitative estimate of drug-likeness (QED) is 0.792. The molecular weight excluding hydrogens is 300 g/mol. The van der Waals surface area contributed by atoms with Gasteiger partial charge in [0.05, 0.1) is 6.04 Å². The van der Waals surface area contributed by atoms with E-state index in [9.17, 15) is 4.79 Å². The molecule has 0 spiro atoms. The van der Waals surface area contributed by atoms with Crippen LogP contribution in [0.25, 0.3) is 11.3 Å². The number of fused-ring (bicyclic) bond motifs is 1. The highest BCUT2D eigenvalue weighted by molar-refractivity contribution is 5.97. The molecule has 0 radical (unpaired) electrons. The summed E-state index contributed by atoms with van der Waals surface area (Å²) in [5.41, 5.74) is 4.97. The van der Waals surface area contributed by atoms with Crippen LogP contribution in [0.2, 0.25) is 0 Å². The highest BCUT2D eigenvalue weighted by Crippen LogP contribution is 2.32. The molecule has 0 saturated heterocycles. The molecule has 1 aliphatic carbocycles. The number of rotatable bonds is 3. The van der Waals surface area contributed by atoms with E-state index in [4.69, 9.17) is 4.42 Å². The predicted molar refractivity (Wildman–Crippen MR) is 91.6 cm³/mol. The SMILES string of the molecule is Cc1ccc2c(c1)CCC2NC(=O)c1ncoc1-c1ccccc1. The minimum atomic E-state index is -0.193. The highest BCUT2D eigenvalue weighted by atomic mass is 16.3. The number of hydrogen-bond acceptors (Lipinski definition) is 3. The molecule has 24 heavy (non-hydrogen) atoms. The monoisotopic (exact) mass is 318 g/mol. The summed E-state index contributed by atoms with van der Waals surface area (Å²) < 4.78 is 5.45. The van der Waals surface area contributed by atoms with E-state index in [0.29, 0.717) is 11.5 Å². The number of hydrogen-bond donors (Lipinski definition) is 1. The Morgan fingerprint density at radius 1 is 1.21 bits per heavy atom. The summed E-state index contributed by atoms with van der Waals surface area (Å²) in [6.07, 6.45) is 3.23. The van der Waals surface area contributed by atoms with E-state index in [0.717, 1.165) is 18.4 Å². The summed E-state index contributed by atoms with van der Waals surface area (Å²) in [5, 5.41) is 3.11. The van der Waals surface area contributed by atoms with Crippen molar-refractivity contribution in [2.75, 3.05) is 0 Å². The number of nitrogens with zero attached hydrogens (tertiary/aromatic N) is 1. The Labute approximate surface area is 140 Å². The first-order chi connectivity index (χ1) is 11.7. The van der Waals surface area contributed by atoms with Crippen molar-refractivity contribution in [3.05, 3.63) is 77.3 Å². The molecule has 1 atom stereocenters. The van der Waals surface area contributed by atoms with Crippen molar-refractivity contribution in [1.29, 1.82) is 0 Å². The molecule has 2 aromatic carbocycles. The number of carbonyl (C=O) groups is 1. The number of aryl methyl sites for hydroxylation is 2. The standard InChI is InChI=1S/C20H18N2O2/c1-13-7-9-16-15(11-13)8-10-17(16)22-20(23)18-19(24-12-21-18)14-5-3-2-4-6-14/h2-7,9,11-12,17H,8,10H2,1H3,(H,22,23). The molecule has 0 fully saturated rings. The smallest absolute Gasteiger partial charge is 0.274 e. The molecule has 1 N–H and O–H groups in total. The lowest BCUT2D eigenvalue weighted by atomic mass is 10.1. The van der Waals surface area contributed by atoms with Gasteiger partial charge in [0.15, 0.2) is 17.8 Å². The summed E-state index contributed by atoms with van der Waals surface area (Å²) in [7, 11) is 0. The molecule has 120 valence electrons. The van der Waals surface area contributed by atoms with Crippen LogP contribution >= 0.6 is 0 Å². The molecule has 4 heteroatoms. The van der Waals surface area contributed by atoms with Crippen LogP contribution in [0.1, 0.15) is 39.6 Å². The number of carbonyl (C=O) groups excluding carboxylic acids is 1. The lowest BCUT2D eigenvalue weighted by molar-refractivity contribution is 0.0932. The van der Waals surface area contributed by atoms with E-state index in [2.05, 4.69) is 35.4 Å². The predicted octanol–water partition coefficient (Wildman–Crippen LogP) is 4.07. The first-order valence-corrected chi connectivity index (χ1v) is 8.11. The minimum absolute atomic E-state index is 0.0356. The summed E-state index contributed by atoms with van der Waals surface area (Å²) in [6.45, 7) is 2.09. The van der Waals surface area contributed by atoms with Gasteiger partial charge in [0.1, 0.15) is 0 Å². The molecule has 0 saturated carbocycles. The summed E-state index contributed by atoms with van der Waals surface area (Å²) in [4.78, 5) is 16.8. The van der Waals surface area contributed by atoms with Crippen molar-refractivity contribution in [2.45, 2.75) is 25.8 Å². The highest BCUT2D eigenvalue weighted by Gasteiger charge is 2.26. The number of oxazole rings is 1. The van der Waals surface area contributed by atoms with Crippen molar-refractivity contribution in [3.63, 3.8) is 0 Å². The van der Waals surface area contributed by atoms with Crippen LogP contribution in [-0.4, -0.2) is 10.9 Å². The van der Waals surface area contributed by atoms with Gasteiger partial charge in [-0.1, -0.05) is 54.1 Å². The average Bonchev–Trinajstić information content (AvgIpc) is 3.23. The molecule has 4 nitrogen and oxygen atoms in total. The van der Waals surface area contributed by atoms with Gasteiger partial charge in [-0.3, -0.25) is 4.79 Å². The van der Waals surface area contributed by atoms with Crippen molar-refractivity contribution >= 4 is 5.91 Å². The average molecular weight is 318 g/mol. The Morgan fingerprint density at radius 2 is 2.04 bits per heavy atom. The fraction of sp³-hybridized carbons (Fsp3) is 0.200. The van der Waals surface area contributed by atoms with Gasteiger partial charge < -0.3 is 9.73 Å². The van der Waals surface area contributed by atoms with Crippen molar-refractivity contribution in [1.82, 2.24) is 10.3 Å². The Morgan fingerprint density at radius 3 is 2.88 bits per heavy atom. The van der Waals surface area contributed by atoms with Crippen LogP contribution in [0, 0.1) is 6.92 Å². The lowest BCUT2D eigenvalue weighted by Gasteiger charge is -2.14. The molecule has 1 unspecified atom stereocenters. The van der Waals surface area contributed by atoms with Crippen LogP contribution < -0.4 is 5.32 Å². The molecule has 0 aliphatic heterocycles. The van der Waals surface area contributed by atoms with Gasteiger partial charge in [0.25, 0.3) is 5.91 Å². The van der Waals surface area contributed by atoms with Crippen molar-refractivity contribution in [2.24, 2.45) is 0 Å². The number of benzene rings is 2. The third-order valence-electron chi connectivity index (χ3n) is 4.50. The Bertz CT molecular complexity index is 884. The molecular formula is C20H18N2O2. The first kappa shape index (κ1) is 14.7. The summed E-state index contributed by atoms with van der Waals surface area (Å²) in [6, 6.07) is 16.0. The number of aromatic nitrogens is 1. The fourth-order valence-electron chi connectivity index (χ4n) is 3.33. The lowest BCUT2D eigenvalue weighted by Crippen LogP contribution is -2.27. The van der Waals surface area contributed by atoms with Crippen molar-refractivity contribution in [3.8, 4) is 11.3 Å². The van der Waals surface area contributed by atoms with Gasteiger partial charge in [0.2, 0.25) is 0 Å². The van der Waals surface area contributed by atoms with Crippen LogP contribution in [-0.2, 0) is 6.42 Å². The van der Waals surface area contributed by atoms with E-state index >= 15 is 0 Å². The molecule has 0 bridgehead atoms. The zero-order chi connectivity index (χ0) is 16.5. The molecule has 1 heterocycles. The third kappa shape index (κ3) is 2.60. The molecule has 4 rings (SSSR count). The second kappa shape index (κ2) is 5.96. The van der Waals surface area contributed by atoms with Gasteiger partial charge in [-0.05, 0) is 30.9 Å². The molecule has 1 aliphatic rings. The fourth-order valence-corrected chi connectivity index (χ4v) is 3.33. The number of nitrogens with one attached hydrogen (secondary N) is 1. The van der Waals surface area contributed by atoms with E-state index in [-0.39, 0.29) is 11.9 Å². The van der Waals surface area contributed by atoms with Crippen LogP contribution in [0.4, 0.5) is 0 Å². The maximum atomic E-state index is 12.7. The van der Waals surface area contributed by atoms with E-state index in [1.807, 2.05) is 30.3 Å². The zero-order valence-electron chi connectivity index (χ0n) is 13.5.